The van der Waals surface area contributed by atoms with Gasteiger partial charge in [0.1, 0.15) is 0 Å². The van der Waals surface area contributed by atoms with Gasteiger partial charge in [-0.3, -0.25) is 10.1 Å². The van der Waals surface area contributed by atoms with Crippen LogP contribution in [0.2, 0.25) is 0 Å². The number of nitrogens with two attached hydrogens (primary N) is 1. The molecule has 0 spiro atoms. The summed E-state index contributed by atoms with van der Waals surface area (Å²) in [6.07, 6.45) is -5.86. The number of hydrogen-bond donors (Lipinski definition) is 2. The van der Waals surface area contributed by atoms with Crippen molar-refractivity contribution in [3.8, 4) is 0 Å². The van der Waals surface area contributed by atoms with Crippen LogP contribution in [0.25, 0.3) is 0 Å². The molecule has 0 amide bonds. The quantitative estimate of drug-likeness (QED) is 0.286. The number of hydrogen-bond acceptors (Lipinski definition) is 4. The van der Waals surface area contributed by atoms with E-state index in [1.54, 1.807) is 0 Å². The molecule has 0 atom stereocenters. The van der Waals surface area contributed by atoms with Crippen LogP contribution in [0.4, 0.5) is 27.6 Å². The molecule has 0 aliphatic carbocycles. The molecule has 1 rings (SSSR count). The van der Waals surface area contributed by atoms with E-state index >= 15 is 0 Å². The van der Waals surface area contributed by atoms with E-state index in [4.69, 9.17) is 0 Å². The van der Waals surface area contributed by atoms with Crippen LogP contribution in [0.15, 0.2) is 23.3 Å². The number of nitro groups is 1. The molecule has 0 aliphatic heterocycles. The van der Waals surface area contributed by atoms with Gasteiger partial charge in [-0.2, -0.15) is 27.1 Å². The van der Waals surface area contributed by atoms with E-state index < -0.39 is 22.9 Å². The number of amidine groups is 1. The Bertz CT molecular complexity index is 601. The van der Waals surface area contributed by atoms with Gasteiger partial charge in [0, 0.05) is 11.6 Å². The Labute approximate surface area is 120 Å². The lowest BCUT2D eigenvalue weighted by atomic mass is 10.1. The summed E-state index contributed by atoms with van der Waals surface area (Å²) >= 11 is 0. The number of rotatable bonds is 5. The Kier molecular flexibility index (Phi) is 4.89. The summed E-state index contributed by atoms with van der Waals surface area (Å²) in [6.45, 7) is 1.11. The third-order valence-electron chi connectivity index (χ3n) is 2.76. The molecule has 0 radical (unpaired) electrons. The number of nitrogens with zero attached hydrogens (tertiary/aromatic N) is 2. The number of benzene rings is 1. The standard InChI is InChI=1S/C11H11F5N4O2/c1-6-7(3-2-4-8(6)20(21)22)5-18-19-9(17)10(12,13)11(14,15)16/h2-4,18H,5H2,1H3,(H2,17,19). The molecule has 0 aromatic heterocycles. The van der Waals surface area contributed by atoms with Crippen molar-refractivity contribution in [2.24, 2.45) is 10.8 Å². The number of hydrazone groups is 1. The number of nitro benzene ring substituents is 1. The van der Waals surface area contributed by atoms with E-state index in [-0.39, 0.29) is 17.8 Å². The average Bonchev–Trinajstić information content (AvgIpc) is 2.38. The van der Waals surface area contributed by atoms with Crippen molar-refractivity contribution in [1.82, 2.24) is 5.43 Å². The van der Waals surface area contributed by atoms with Gasteiger partial charge in [-0.05, 0) is 12.5 Å². The van der Waals surface area contributed by atoms with E-state index in [9.17, 15) is 32.1 Å². The van der Waals surface area contributed by atoms with E-state index in [0.717, 1.165) is 0 Å². The molecule has 0 saturated carbocycles. The first-order valence-electron chi connectivity index (χ1n) is 5.72. The van der Waals surface area contributed by atoms with Gasteiger partial charge in [0.15, 0.2) is 5.84 Å². The lowest BCUT2D eigenvalue weighted by molar-refractivity contribution is -0.385. The fourth-order valence-electron chi connectivity index (χ4n) is 1.48. The SMILES string of the molecule is Cc1c(CNN=C(N)C(F)(F)C(F)(F)F)cccc1[N+](=O)[O-]. The molecule has 0 aliphatic rings. The highest BCUT2D eigenvalue weighted by Gasteiger charge is 2.61. The molecule has 1 aromatic rings. The molecular formula is C11H11F5N4O2. The second-order valence-corrected chi connectivity index (χ2v) is 4.22. The molecular weight excluding hydrogens is 315 g/mol. The van der Waals surface area contributed by atoms with Crippen molar-refractivity contribution in [2.45, 2.75) is 25.6 Å². The highest BCUT2D eigenvalue weighted by atomic mass is 19.4. The summed E-state index contributed by atoms with van der Waals surface area (Å²) in [5.41, 5.74) is 6.90. The van der Waals surface area contributed by atoms with Gasteiger partial charge in [0.05, 0.1) is 11.5 Å². The van der Waals surface area contributed by atoms with Crippen molar-refractivity contribution in [1.29, 1.82) is 0 Å². The van der Waals surface area contributed by atoms with E-state index in [1.807, 2.05) is 5.43 Å². The van der Waals surface area contributed by atoms with E-state index in [2.05, 4.69) is 10.8 Å². The Balaban J connectivity index is 2.86. The molecule has 0 heterocycles. The first-order chi connectivity index (χ1) is 9.98. The van der Waals surface area contributed by atoms with Gasteiger partial charge in [-0.25, -0.2) is 0 Å². The first-order valence-corrected chi connectivity index (χ1v) is 5.72. The fraction of sp³-hybridized carbons (Fsp3) is 0.364. The Hall–Kier alpha value is -2.46. The molecule has 11 heteroatoms. The lowest BCUT2D eigenvalue weighted by Crippen LogP contribution is -2.49. The van der Waals surface area contributed by atoms with Crippen LogP contribution in [-0.4, -0.2) is 22.9 Å². The van der Waals surface area contributed by atoms with Gasteiger partial charge in [-0.1, -0.05) is 12.1 Å². The van der Waals surface area contributed by atoms with E-state index in [1.165, 1.54) is 25.1 Å². The van der Waals surface area contributed by atoms with Crippen LogP contribution in [0.3, 0.4) is 0 Å². The summed E-state index contributed by atoms with van der Waals surface area (Å²) in [7, 11) is 0. The van der Waals surface area contributed by atoms with Gasteiger partial charge in [-0.15, -0.1) is 0 Å². The summed E-state index contributed by atoms with van der Waals surface area (Å²) < 4.78 is 61.7. The molecule has 0 bridgehead atoms. The zero-order valence-electron chi connectivity index (χ0n) is 11.1. The normalized spacial score (nSPS) is 13.1. The second kappa shape index (κ2) is 6.12. The van der Waals surface area contributed by atoms with Gasteiger partial charge in [0.2, 0.25) is 0 Å². The molecule has 1 aromatic carbocycles. The van der Waals surface area contributed by atoms with Crippen molar-refractivity contribution in [3.63, 3.8) is 0 Å². The minimum absolute atomic E-state index is 0.211. The zero-order chi connectivity index (χ0) is 17.1. The first kappa shape index (κ1) is 17.6. The molecule has 0 saturated heterocycles. The molecule has 122 valence electrons. The lowest BCUT2D eigenvalue weighted by Gasteiger charge is -2.18. The van der Waals surface area contributed by atoms with Gasteiger partial charge < -0.3 is 11.2 Å². The van der Waals surface area contributed by atoms with Crippen molar-refractivity contribution in [2.75, 3.05) is 0 Å². The zero-order valence-corrected chi connectivity index (χ0v) is 11.1. The highest BCUT2D eigenvalue weighted by Crippen LogP contribution is 2.35. The van der Waals surface area contributed by atoms with Crippen LogP contribution in [0.1, 0.15) is 11.1 Å². The van der Waals surface area contributed by atoms with Crippen LogP contribution >= 0.6 is 0 Å². The molecule has 22 heavy (non-hydrogen) atoms. The largest absolute Gasteiger partial charge is 0.461 e. The van der Waals surface area contributed by atoms with Crippen LogP contribution in [0.5, 0.6) is 0 Å². The summed E-state index contributed by atoms with van der Waals surface area (Å²) in [5, 5.41) is 13.5. The number of nitrogens with one attached hydrogen (secondary N) is 1. The highest BCUT2D eigenvalue weighted by molar-refractivity contribution is 5.88. The number of alkyl halides is 5. The third-order valence-corrected chi connectivity index (χ3v) is 2.76. The Morgan fingerprint density at radius 3 is 2.45 bits per heavy atom. The predicted molar refractivity (Wildman–Crippen MR) is 67.3 cm³/mol. The molecule has 6 nitrogen and oxygen atoms in total. The Morgan fingerprint density at radius 2 is 1.95 bits per heavy atom. The monoisotopic (exact) mass is 326 g/mol. The summed E-state index contributed by atoms with van der Waals surface area (Å²) in [6, 6.07) is 4.01. The fourth-order valence-corrected chi connectivity index (χ4v) is 1.48. The smallest absolute Gasteiger partial charge is 0.380 e. The molecule has 0 unspecified atom stereocenters. The minimum Gasteiger partial charge on any atom is -0.380 e. The predicted octanol–water partition coefficient (Wildman–Crippen LogP) is 2.46. The maximum atomic E-state index is 12.8. The van der Waals surface area contributed by atoms with Crippen molar-refractivity contribution >= 4 is 11.5 Å². The summed E-state index contributed by atoms with van der Waals surface area (Å²) in [4.78, 5) is 10.1. The maximum Gasteiger partial charge on any atom is 0.461 e. The van der Waals surface area contributed by atoms with Crippen LogP contribution in [-0.2, 0) is 6.54 Å². The second-order valence-electron chi connectivity index (χ2n) is 4.22. The molecule has 3 N–H and O–H groups in total. The number of halogens is 5. The summed E-state index contributed by atoms with van der Waals surface area (Å²) in [5.74, 6) is -7.21. The van der Waals surface area contributed by atoms with Crippen LogP contribution in [0, 0.1) is 17.0 Å². The van der Waals surface area contributed by atoms with Gasteiger partial charge >= 0.3 is 12.1 Å². The topological polar surface area (TPSA) is 93.5 Å². The van der Waals surface area contributed by atoms with E-state index in [0.29, 0.717) is 5.56 Å². The maximum absolute atomic E-state index is 12.8. The third kappa shape index (κ3) is 3.59. The molecule has 0 fully saturated rings. The van der Waals surface area contributed by atoms with Crippen molar-refractivity contribution in [3.05, 3.63) is 39.4 Å². The van der Waals surface area contributed by atoms with Crippen LogP contribution < -0.4 is 11.2 Å². The van der Waals surface area contributed by atoms with Gasteiger partial charge in [0.25, 0.3) is 5.69 Å². The van der Waals surface area contributed by atoms with Crippen molar-refractivity contribution < 1.29 is 26.9 Å². The minimum atomic E-state index is -5.86. The Morgan fingerprint density at radius 1 is 1.36 bits per heavy atom. The average molecular weight is 326 g/mol.